The van der Waals surface area contributed by atoms with Gasteiger partial charge in [0.25, 0.3) is 0 Å². The van der Waals surface area contributed by atoms with Gasteiger partial charge in [0.1, 0.15) is 0 Å². The molecule has 0 fully saturated rings. The molecule has 0 aromatic rings. The average molecular weight is 228 g/mol. The molecule has 96 valence electrons. The first-order chi connectivity index (χ1) is 7.02. The SMILES string of the molecule is CC(NCCC(=O)NC(C)(C)C)C(C)(C)C. The summed E-state index contributed by atoms with van der Waals surface area (Å²) in [4.78, 5) is 11.5. The normalized spacial score (nSPS) is 14.7. The van der Waals surface area contributed by atoms with Gasteiger partial charge in [-0.2, -0.15) is 0 Å². The van der Waals surface area contributed by atoms with E-state index in [1.807, 2.05) is 20.8 Å². The van der Waals surface area contributed by atoms with Crippen LogP contribution in [0.25, 0.3) is 0 Å². The van der Waals surface area contributed by atoms with E-state index < -0.39 is 0 Å². The Morgan fingerprint density at radius 2 is 1.62 bits per heavy atom. The van der Waals surface area contributed by atoms with Crippen molar-refractivity contribution in [3.05, 3.63) is 0 Å². The summed E-state index contributed by atoms with van der Waals surface area (Å²) < 4.78 is 0. The molecule has 16 heavy (non-hydrogen) atoms. The van der Waals surface area contributed by atoms with Crippen LogP contribution in [0.2, 0.25) is 0 Å². The highest BCUT2D eigenvalue weighted by molar-refractivity contribution is 5.76. The Labute approximate surface area is 100 Å². The number of carbonyl (C=O) groups excluding carboxylic acids is 1. The van der Waals surface area contributed by atoms with E-state index in [0.29, 0.717) is 12.5 Å². The third kappa shape index (κ3) is 7.69. The first-order valence-corrected chi connectivity index (χ1v) is 6.07. The van der Waals surface area contributed by atoms with Gasteiger partial charge < -0.3 is 10.6 Å². The topological polar surface area (TPSA) is 41.1 Å². The van der Waals surface area contributed by atoms with Crippen molar-refractivity contribution >= 4 is 5.91 Å². The molecule has 0 aromatic heterocycles. The molecule has 0 heterocycles. The summed E-state index contributed by atoms with van der Waals surface area (Å²) in [6.45, 7) is 15.5. The standard InChI is InChI=1S/C13H28N2O/c1-10(12(2,3)4)14-9-8-11(16)15-13(5,6)7/h10,14H,8-9H2,1-7H3,(H,15,16). The molecule has 0 rings (SSSR count). The number of rotatable bonds is 4. The lowest BCUT2D eigenvalue weighted by Crippen LogP contribution is -2.43. The van der Waals surface area contributed by atoms with Crippen molar-refractivity contribution in [3.63, 3.8) is 0 Å². The Morgan fingerprint density at radius 1 is 1.12 bits per heavy atom. The molecule has 3 nitrogen and oxygen atoms in total. The minimum atomic E-state index is -0.132. The van der Waals surface area contributed by atoms with Gasteiger partial charge in [0.2, 0.25) is 5.91 Å². The molecule has 0 bridgehead atoms. The fourth-order valence-electron chi connectivity index (χ4n) is 1.19. The highest BCUT2D eigenvalue weighted by atomic mass is 16.1. The van der Waals surface area contributed by atoms with Gasteiger partial charge in [-0.25, -0.2) is 0 Å². The number of hydrogen-bond donors (Lipinski definition) is 2. The Bertz CT molecular complexity index is 223. The molecule has 0 saturated heterocycles. The van der Waals surface area contributed by atoms with E-state index in [1.54, 1.807) is 0 Å². The van der Waals surface area contributed by atoms with E-state index in [1.165, 1.54) is 0 Å². The highest BCUT2D eigenvalue weighted by Gasteiger charge is 2.19. The monoisotopic (exact) mass is 228 g/mol. The zero-order chi connectivity index (χ0) is 13.0. The van der Waals surface area contributed by atoms with E-state index in [2.05, 4.69) is 38.3 Å². The lowest BCUT2D eigenvalue weighted by Gasteiger charge is -2.28. The molecule has 3 heteroatoms. The van der Waals surface area contributed by atoms with Crippen molar-refractivity contribution in [1.82, 2.24) is 10.6 Å². The fourth-order valence-corrected chi connectivity index (χ4v) is 1.19. The number of amides is 1. The van der Waals surface area contributed by atoms with Gasteiger partial charge in [0.05, 0.1) is 0 Å². The molecular formula is C13H28N2O. The summed E-state index contributed by atoms with van der Waals surface area (Å²) in [6.07, 6.45) is 0.539. The van der Waals surface area contributed by atoms with Crippen molar-refractivity contribution in [2.45, 2.75) is 66.5 Å². The molecule has 1 unspecified atom stereocenters. The van der Waals surface area contributed by atoms with Crippen molar-refractivity contribution in [2.24, 2.45) is 5.41 Å². The van der Waals surface area contributed by atoms with E-state index in [0.717, 1.165) is 6.54 Å². The summed E-state index contributed by atoms with van der Waals surface area (Å²) in [5, 5.41) is 6.33. The van der Waals surface area contributed by atoms with Gasteiger partial charge in [-0.3, -0.25) is 4.79 Å². The van der Waals surface area contributed by atoms with Crippen LogP contribution in [-0.4, -0.2) is 24.0 Å². The van der Waals surface area contributed by atoms with Gasteiger partial charge in [-0.15, -0.1) is 0 Å². The average Bonchev–Trinajstić information content (AvgIpc) is 1.98. The van der Waals surface area contributed by atoms with E-state index in [9.17, 15) is 4.79 Å². The molecule has 0 aliphatic heterocycles. The minimum Gasteiger partial charge on any atom is -0.351 e. The Kier molecular flexibility index (Phi) is 5.47. The lowest BCUT2D eigenvalue weighted by atomic mass is 9.88. The zero-order valence-corrected chi connectivity index (χ0v) is 11.9. The lowest BCUT2D eigenvalue weighted by molar-refractivity contribution is -0.122. The van der Waals surface area contributed by atoms with Crippen molar-refractivity contribution < 1.29 is 4.79 Å². The van der Waals surface area contributed by atoms with Gasteiger partial charge in [0, 0.05) is 24.5 Å². The maximum atomic E-state index is 11.5. The van der Waals surface area contributed by atoms with Crippen LogP contribution >= 0.6 is 0 Å². The summed E-state index contributed by atoms with van der Waals surface area (Å²) >= 11 is 0. The zero-order valence-electron chi connectivity index (χ0n) is 11.9. The second-order valence-electron chi connectivity index (χ2n) is 6.59. The Hall–Kier alpha value is -0.570. The summed E-state index contributed by atoms with van der Waals surface area (Å²) in [7, 11) is 0. The van der Waals surface area contributed by atoms with Crippen LogP contribution in [0.1, 0.15) is 54.9 Å². The third-order valence-corrected chi connectivity index (χ3v) is 2.62. The molecule has 0 aliphatic rings. The van der Waals surface area contributed by atoms with Gasteiger partial charge in [0.15, 0.2) is 0 Å². The van der Waals surface area contributed by atoms with Crippen molar-refractivity contribution in [2.75, 3.05) is 6.54 Å². The summed E-state index contributed by atoms with van der Waals surface area (Å²) in [6, 6.07) is 0.412. The first kappa shape index (κ1) is 15.4. The van der Waals surface area contributed by atoms with Crippen molar-refractivity contribution in [1.29, 1.82) is 0 Å². The Balaban J connectivity index is 3.79. The predicted molar refractivity (Wildman–Crippen MR) is 69.4 cm³/mol. The maximum Gasteiger partial charge on any atom is 0.221 e. The largest absolute Gasteiger partial charge is 0.351 e. The van der Waals surface area contributed by atoms with Gasteiger partial charge in [-0.05, 0) is 33.1 Å². The quantitative estimate of drug-likeness (QED) is 0.775. The number of hydrogen-bond acceptors (Lipinski definition) is 2. The number of carbonyl (C=O) groups is 1. The van der Waals surface area contributed by atoms with Gasteiger partial charge in [-0.1, -0.05) is 20.8 Å². The number of nitrogens with one attached hydrogen (secondary N) is 2. The molecule has 2 N–H and O–H groups in total. The van der Waals surface area contributed by atoms with Crippen LogP contribution in [0.3, 0.4) is 0 Å². The summed E-state index contributed by atoms with van der Waals surface area (Å²) in [5.74, 6) is 0.112. The maximum absolute atomic E-state index is 11.5. The second kappa shape index (κ2) is 5.67. The predicted octanol–water partition coefficient (Wildman–Crippen LogP) is 2.32. The van der Waals surface area contributed by atoms with E-state index in [-0.39, 0.29) is 16.9 Å². The molecule has 1 amide bonds. The van der Waals surface area contributed by atoms with E-state index >= 15 is 0 Å². The van der Waals surface area contributed by atoms with Gasteiger partial charge >= 0.3 is 0 Å². The summed E-state index contributed by atoms with van der Waals surface area (Å²) in [5.41, 5.74) is 0.104. The highest BCUT2D eigenvalue weighted by Crippen LogP contribution is 2.18. The van der Waals surface area contributed by atoms with Crippen LogP contribution in [0, 0.1) is 5.41 Å². The van der Waals surface area contributed by atoms with Crippen LogP contribution in [0.4, 0.5) is 0 Å². The molecule has 0 spiro atoms. The third-order valence-electron chi connectivity index (χ3n) is 2.62. The van der Waals surface area contributed by atoms with E-state index in [4.69, 9.17) is 0 Å². The van der Waals surface area contributed by atoms with Crippen LogP contribution in [0.5, 0.6) is 0 Å². The van der Waals surface area contributed by atoms with Crippen molar-refractivity contribution in [3.8, 4) is 0 Å². The molecule has 0 aliphatic carbocycles. The Morgan fingerprint density at radius 3 is 2.00 bits per heavy atom. The minimum absolute atomic E-state index is 0.112. The van der Waals surface area contributed by atoms with Crippen LogP contribution in [0.15, 0.2) is 0 Å². The second-order valence-corrected chi connectivity index (χ2v) is 6.59. The van der Waals surface area contributed by atoms with Crippen LogP contribution < -0.4 is 10.6 Å². The molecule has 0 saturated carbocycles. The fraction of sp³-hybridized carbons (Fsp3) is 0.923. The molecule has 1 atom stereocenters. The van der Waals surface area contributed by atoms with Crippen LogP contribution in [-0.2, 0) is 4.79 Å². The molecule has 0 aromatic carbocycles. The smallest absolute Gasteiger partial charge is 0.221 e. The molecular weight excluding hydrogens is 200 g/mol. The first-order valence-electron chi connectivity index (χ1n) is 6.07. The molecule has 0 radical (unpaired) electrons.